The van der Waals surface area contributed by atoms with Crippen molar-refractivity contribution in [1.82, 2.24) is 9.78 Å². The van der Waals surface area contributed by atoms with Crippen molar-refractivity contribution in [2.45, 2.75) is 51.6 Å². The quantitative estimate of drug-likeness (QED) is 0.890. The standard InChI is InChI=1S/C15H28N4O/c1-5-12(16)10-14-11(2)17-19(4)15(14)18(3)13-6-8-20-9-7-13/h12-13H,5-10,16H2,1-4H3. The lowest BCUT2D eigenvalue weighted by molar-refractivity contribution is 0.0852. The van der Waals surface area contributed by atoms with Gasteiger partial charge in [-0.15, -0.1) is 0 Å². The van der Waals surface area contributed by atoms with E-state index < -0.39 is 0 Å². The maximum atomic E-state index is 6.16. The van der Waals surface area contributed by atoms with Gasteiger partial charge >= 0.3 is 0 Å². The van der Waals surface area contributed by atoms with Gasteiger partial charge in [0.15, 0.2) is 0 Å². The molecule has 2 rings (SSSR count). The molecule has 1 aliphatic rings. The zero-order valence-corrected chi connectivity index (χ0v) is 13.2. The second kappa shape index (κ2) is 6.59. The average Bonchev–Trinajstić information content (AvgIpc) is 2.73. The molecular formula is C15H28N4O. The van der Waals surface area contributed by atoms with Crippen LogP contribution < -0.4 is 10.6 Å². The fourth-order valence-corrected chi connectivity index (χ4v) is 3.02. The molecule has 1 aliphatic heterocycles. The minimum atomic E-state index is 0.208. The zero-order chi connectivity index (χ0) is 14.7. The van der Waals surface area contributed by atoms with E-state index in [1.165, 1.54) is 11.4 Å². The number of aryl methyl sites for hydroxylation is 2. The Bertz CT molecular complexity index is 437. The fraction of sp³-hybridized carbons (Fsp3) is 0.800. The van der Waals surface area contributed by atoms with E-state index in [-0.39, 0.29) is 6.04 Å². The normalized spacial score (nSPS) is 18.2. The van der Waals surface area contributed by atoms with Crippen molar-refractivity contribution in [3.05, 3.63) is 11.3 Å². The first kappa shape index (κ1) is 15.3. The number of nitrogens with zero attached hydrogens (tertiary/aromatic N) is 3. The Morgan fingerprint density at radius 2 is 2.10 bits per heavy atom. The summed E-state index contributed by atoms with van der Waals surface area (Å²) in [5.41, 5.74) is 8.56. The Kier molecular flexibility index (Phi) is 5.05. The van der Waals surface area contributed by atoms with Crippen molar-refractivity contribution in [1.29, 1.82) is 0 Å². The summed E-state index contributed by atoms with van der Waals surface area (Å²) in [5, 5.41) is 4.60. The van der Waals surface area contributed by atoms with Crippen molar-refractivity contribution in [2.75, 3.05) is 25.2 Å². The van der Waals surface area contributed by atoms with Gasteiger partial charge in [-0.05, 0) is 32.6 Å². The first-order chi connectivity index (χ1) is 9.54. The summed E-state index contributed by atoms with van der Waals surface area (Å²) in [4.78, 5) is 2.38. The highest BCUT2D eigenvalue weighted by Gasteiger charge is 2.25. The molecule has 1 atom stereocenters. The molecule has 1 saturated heterocycles. The molecule has 0 aromatic carbocycles. The average molecular weight is 280 g/mol. The van der Waals surface area contributed by atoms with E-state index in [1.807, 2.05) is 11.7 Å². The molecule has 1 aromatic heterocycles. The van der Waals surface area contributed by atoms with Gasteiger partial charge in [-0.25, -0.2) is 0 Å². The van der Waals surface area contributed by atoms with Gasteiger partial charge in [0, 0.05) is 45.0 Å². The van der Waals surface area contributed by atoms with Crippen LogP contribution in [-0.4, -0.2) is 42.1 Å². The molecule has 1 unspecified atom stereocenters. The van der Waals surface area contributed by atoms with Gasteiger partial charge in [0.25, 0.3) is 0 Å². The molecule has 0 bridgehead atoms. The molecular weight excluding hydrogens is 252 g/mol. The summed E-state index contributed by atoms with van der Waals surface area (Å²) >= 11 is 0. The van der Waals surface area contributed by atoms with Crippen molar-refractivity contribution in [3.8, 4) is 0 Å². The lowest BCUT2D eigenvalue weighted by atomic mass is 10.0. The van der Waals surface area contributed by atoms with Crippen LogP contribution in [0.5, 0.6) is 0 Å². The van der Waals surface area contributed by atoms with E-state index >= 15 is 0 Å². The van der Waals surface area contributed by atoms with Gasteiger partial charge in [0.2, 0.25) is 0 Å². The Balaban J connectivity index is 2.24. The first-order valence-electron chi connectivity index (χ1n) is 7.63. The van der Waals surface area contributed by atoms with Crippen LogP contribution in [0.1, 0.15) is 37.4 Å². The Morgan fingerprint density at radius 3 is 2.70 bits per heavy atom. The van der Waals surface area contributed by atoms with E-state index in [9.17, 15) is 0 Å². The molecule has 0 radical (unpaired) electrons. The highest BCUT2D eigenvalue weighted by molar-refractivity contribution is 5.51. The number of nitrogens with two attached hydrogens (primary N) is 1. The molecule has 0 saturated carbocycles. The number of anilines is 1. The molecule has 0 aliphatic carbocycles. The predicted molar refractivity (Wildman–Crippen MR) is 82.2 cm³/mol. The summed E-state index contributed by atoms with van der Waals surface area (Å²) in [6.45, 7) is 5.93. The van der Waals surface area contributed by atoms with E-state index in [4.69, 9.17) is 10.5 Å². The van der Waals surface area contributed by atoms with Gasteiger partial charge in [-0.3, -0.25) is 4.68 Å². The lowest BCUT2D eigenvalue weighted by Crippen LogP contribution is -2.38. The monoisotopic (exact) mass is 280 g/mol. The van der Waals surface area contributed by atoms with Crippen LogP contribution in [-0.2, 0) is 18.2 Å². The van der Waals surface area contributed by atoms with E-state index in [2.05, 4.69) is 30.9 Å². The van der Waals surface area contributed by atoms with Crippen molar-refractivity contribution >= 4 is 5.82 Å². The smallest absolute Gasteiger partial charge is 0.130 e. The molecule has 1 aromatic rings. The summed E-state index contributed by atoms with van der Waals surface area (Å²) in [6, 6.07) is 0.745. The molecule has 0 spiro atoms. The van der Waals surface area contributed by atoms with E-state index in [0.717, 1.165) is 44.6 Å². The summed E-state index contributed by atoms with van der Waals surface area (Å²) in [7, 11) is 4.20. The van der Waals surface area contributed by atoms with Crippen LogP contribution in [0.3, 0.4) is 0 Å². The van der Waals surface area contributed by atoms with Crippen LogP contribution in [0, 0.1) is 6.92 Å². The number of ether oxygens (including phenoxy) is 1. The largest absolute Gasteiger partial charge is 0.381 e. The first-order valence-corrected chi connectivity index (χ1v) is 7.63. The highest BCUT2D eigenvalue weighted by Crippen LogP contribution is 2.28. The van der Waals surface area contributed by atoms with Crippen LogP contribution in [0.25, 0.3) is 0 Å². The third kappa shape index (κ3) is 3.15. The third-order valence-electron chi connectivity index (χ3n) is 4.38. The number of hydrogen-bond acceptors (Lipinski definition) is 4. The molecule has 20 heavy (non-hydrogen) atoms. The van der Waals surface area contributed by atoms with Crippen LogP contribution in [0.4, 0.5) is 5.82 Å². The second-order valence-corrected chi connectivity index (χ2v) is 5.84. The fourth-order valence-electron chi connectivity index (χ4n) is 3.02. The Labute approximate surface area is 122 Å². The van der Waals surface area contributed by atoms with Gasteiger partial charge in [0.1, 0.15) is 5.82 Å². The number of hydrogen-bond donors (Lipinski definition) is 1. The van der Waals surface area contributed by atoms with Crippen molar-refractivity contribution in [2.24, 2.45) is 12.8 Å². The molecule has 2 N–H and O–H groups in total. The maximum Gasteiger partial charge on any atom is 0.130 e. The van der Waals surface area contributed by atoms with Crippen LogP contribution >= 0.6 is 0 Å². The van der Waals surface area contributed by atoms with Crippen molar-refractivity contribution in [3.63, 3.8) is 0 Å². The topological polar surface area (TPSA) is 56.3 Å². The molecule has 5 heteroatoms. The van der Waals surface area contributed by atoms with Crippen molar-refractivity contribution < 1.29 is 4.74 Å². The zero-order valence-electron chi connectivity index (χ0n) is 13.2. The Hall–Kier alpha value is -1.07. The predicted octanol–water partition coefficient (Wildman–Crippen LogP) is 1.62. The molecule has 5 nitrogen and oxygen atoms in total. The summed E-state index contributed by atoms with van der Waals surface area (Å²) in [5.74, 6) is 1.22. The Morgan fingerprint density at radius 1 is 1.45 bits per heavy atom. The molecule has 2 heterocycles. The molecule has 1 fully saturated rings. The third-order valence-corrected chi connectivity index (χ3v) is 4.38. The van der Waals surface area contributed by atoms with E-state index in [0.29, 0.717) is 6.04 Å². The SMILES string of the molecule is CCC(N)Cc1c(C)nn(C)c1N(C)C1CCOCC1. The van der Waals surface area contributed by atoms with Gasteiger partial charge in [-0.2, -0.15) is 5.10 Å². The molecule has 0 amide bonds. The van der Waals surface area contributed by atoms with Gasteiger partial charge in [0.05, 0.1) is 5.69 Å². The molecule has 114 valence electrons. The summed E-state index contributed by atoms with van der Waals surface area (Å²) in [6.07, 6.45) is 4.06. The highest BCUT2D eigenvalue weighted by atomic mass is 16.5. The number of aromatic nitrogens is 2. The number of rotatable bonds is 5. The van der Waals surface area contributed by atoms with Crippen LogP contribution in [0.2, 0.25) is 0 Å². The lowest BCUT2D eigenvalue weighted by Gasteiger charge is -2.33. The minimum Gasteiger partial charge on any atom is -0.381 e. The summed E-state index contributed by atoms with van der Waals surface area (Å²) < 4.78 is 7.47. The minimum absolute atomic E-state index is 0.208. The van der Waals surface area contributed by atoms with Gasteiger partial charge in [-0.1, -0.05) is 6.92 Å². The van der Waals surface area contributed by atoms with Crippen LogP contribution in [0.15, 0.2) is 0 Å². The van der Waals surface area contributed by atoms with Gasteiger partial charge < -0.3 is 15.4 Å². The maximum absolute atomic E-state index is 6.16. The van der Waals surface area contributed by atoms with E-state index in [1.54, 1.807) is 0 Å². The second-order valence-electron chi connectivity index (χ2n) is 5.84.